The summed E-state index contributed by atoms with van der Waals surface area (Å²) in [5.74, 6) is 4.95. The molecule has 0 spiro atoms. The molecule has 1 aliphatic heterocycles. The Morgan fingerprint density at radius 3 is 2.59 bits per heavy atom. The van der Waals surface area contributed by atoms with Crippen molar-refractivity contribution >= 4 is 28.9 Å². The first-order valence-corrected chi connectivity index (χ1v) is 12.1. The van der Waals surface area contributed by atoms with Gasteiger partial charge < -0.3 is 25.0 Å². The molecule has 2 aliphatic rings. The summed E-state index contributed by atoms with van der Waals surface area (Å²) < 4.78 is 5.85. The van der Waals surface area contributed by atoms with Gasteiger partial charge in [0.05, 0.1) is 35.9 Å². The average Bonchev–Trinajstić information content (AvgIpc) is 3.18. The number of thiophene rings is 1. The zero-order valence-corrected chi connectivity index (χ0v) is 19.8. The number of aliphatic hydroxyl groups is 2. The Morgan fingerprint density at radius 2 is 2.00 bits per heavy atom. The van der Waals surface area contributed by atoms with Crippen molar-refractivity contribution in [3.05, 3.63) is 15.8 Å². The van der Waals surface area contributed by atoms with E-state index in [9.17, 15) is 24.9 Å². The maximum Gasteiger partial charge on any atom is 0.348 e. The molecule has 0 aromatic carbocycles. The number of aliphatic hydroxyl groups excluding tert-OH is 2. The Hall–Kier alpha value is -1.92. The number of ether oxygens (including phenoxy) is 1. The van der Waals surface area contributed by atoms with Crippen LogP contribution >= 0.6 is 11.3 Å². The fraction of sp³-hybridized carbons (Fsp3) is 0.667. The molecule has 0 radical (unpaired) electrons. The van der Waals surface area contributed by atoms with Crippen LogP contribution in [0.25, 0.3) is 0 Å². The van der Waals surface area contributed by atoms with E-state index in [1.165, 1.54) is 0 Å². The van der Waals surface area contributed by atoms with Crippen LogP contribution in [0.3, 0.4) is 0 Å². The molecule has 1 unspecified atom stereocenters. The first kappa shape index (κ1) is 24.7. The molecule has 2 heterocycles. The summed E-state index contributed by atoms with van der Waals surface area (Å²) in [6, 6.07) is 1.44. The third-order valence-electron chi connectivity index (χ3n) is 5.93. The summed E-state index contributed by atoms with van der Waals surface area (Å²) in [4.78, 5) is 27.9. The summed E-state index contributed by atoms with van der Waals surface area (Å²) in [5, 5.41) is 29.0. The molecule has 32 heavy (non-hydrogen) atoms. The van der Waals surface area contributed by atoms with E-state index in [-0.39, 0.29) is 41.2 Å². The number of amides is 1. The smallest absolute Gasteiger partial charge is 0.348 e. The minimum absolute atomic E-state index is 0.0353. The lowest BCUT2D eigenvalue weighted by Gasteiger charge is -2.44. The Morgan fingerprint density at radius 1 is 1.31 bits per heavy atom. The monoisotopic (exact) mass is 463 g/mol. The quantitative estimate of drug-likeness (QED) is 0.559. The average molecular weight is 464 g/mol. The lowest BCUT2D eigenvalue weighted by Crippen LogP contribution is -2.58. The third-order valence-corrected chi connectivity index (χ3v) is 6.96. The van der Waals surface area contributed by atoms with Gasteiger partial charge in [0.25, 0.3) is 5.91 Å². The van der Waals surface area contributed by atoms with Crippen LogP contribution < -0.4 is 4.90 Å². The van der Waals surface area contributed by atoms with Gasteiger partial charge in [-0.25, -0.2) is 4.79 Å². The number of morpholine rings is 1. The van der Waals surface area contributed by atoms with Gasteiger partial charge >= 0.3 is 5.97 Å². The van der Waals surface area contributed by atoms with Crippen LogP contribution in [0.1, 0.15) is 73.8 Å². The maximum absolute atomic E-state index is 13.5. The van der Waals surface area contributed by atoms with E-state index in [2.05, 4.69) is 11.8 Å². The van der Waals surface area contributed by atoms with E-state index < -0.39 is 24.8 Å². The molecule has 1 amide bonds. The van der Waals surface area contributed by atoms with Gasteiger partial charge in [-0.05, 0) is 45.6 Å². The summed E-state index contributed by atoms with van der Waals surface area (Å²) in [7, 11) is 0. The molecule has 1 saturated heterocycles. The van der Waals surface area contributed by atoms with Crippen LogP contribution in [-0.4, -0.2) is 58.7 Å². The summed E-state index contributed by atoms with van der Waals surface area (Å²) in [6.45, 7) is 5.75. The van der Waals surface area contributed by atoms with Crippen molar-refractivity contribution in [2.24, 2.45) is 11.3 Å². The van der Waals surface area contributed by atoms with E-state index in [0.717, 1.165) is 43.4 Å². The lowest BCUT2D eigenvalue weighted by atomic mass is 9.82. The highest BCUT2D eigenvalue weighted by Crippen LogP contribution is 2.39. The molecule has 8 heteroatoms. The fourth-order valence-corrected chi connectivity index (χ4v) is 5.20. The number of hydrogen-bond acceptors (Lipinski definition) is 6. The van der Waals surface area contributed by atoms with Gasteiger partial charge in [-0.1, -0.05) is 31.1 Å². The minimum Gasteiger partial charge on any atom is -0.477 e. The van der Waals surface area contributed by atoms with Crippen molar-refractivity contribution in [2.75, 3.05) is 18.1 Å². The van der Waals surface area contributed by atoms with Crippen LogP contribution in [0.15, 0.2) is 6.07 Å². The normalized spacial score (nSPS) is 23.5. The number of nitrogens with zero attached hydrogens (tertiary/aromatic N) is 1. The third kappa shape index (κ3) is 5.90. The Balaban J connectivity index is 2.02. The highest BCUT2D eigenvalue weighted by atomic mass is 32.1. The highest BCUT2D eigenvalue weighted by Gasteiger charge is 2.43. The van der Waals surface area contributed by atoms with Crippen LogP contribution in [0.2, 0.25) is 0 Å². The van der Waals surface area contributed by atoms with Crippen LogP contribution in [0.4, 0.5) is 5.69 Å². The Labute approximate surface area is 193 Å². The van der Waals surface area contributed by atoms with Crippen molar-refractivity contribution in [3.63, 3.8) is 0 Å². The van der Waals surface area contributed by atoms with E-state index in [1.807, 2.05) is 20.8 Å². The van der Waals surface area contributed by atoms with Gasteiger partial charge in [0, 0.05) is 11.8 Å². The van der Waals surface area contributed by atoms with Gasteiger partial charge in [-0.3, -0.25) is 4.79 Å². The highest BCUT2D eigenvalue weighted by molar-refractivity contribution is 7.15. The van der Waals surface area contributed by atoms with Crippen LogP contribution in [-0.2, 0) is 9.53 Å². The van der Waals surface area contributed by atoms with E-state index in [4.69, 9.17) is 4.74 Å². The molecule has 3 N–H and O–H groups in total. The van der Waals surface area contributed by atoms with Crippen molar-refractivity contribution in [3.8, 4) is 11.8 Å². The predicted octanol–water partition coefficient (Wildman–Crippen LogP) is 3.27. The van der Waals surface area contributed by atoms with Gasteiger partial charge in [-0.2, -0.15) is 0 Å². The van der Waals surface area contributed by atoms with Gasteiger partial charge in [0.15, 0.2) is 0 Å². The van der Waals surface area contributed by atoms with Crippen molar-refractivity contribution in [1.29, 1.82) is 0 Å². The maximum atomic E-state index is 13.5. The predicted molar refractivity (Wildman–Crippen MR) is 123 cm³/mol. The van der Waals surface area contributed by atoms with E-state index in [1.54, 1.807) is 11.0 Å². The largest absolute Gasteiger partial charge is 0.477 e. The SMILES string of the molecule is CC(C)(C)C#Cc1cc(N2C(=O)[C@@H](CC(O)CO)OC[C@H]2C2CCCCC2)c(C(=O)O)s1. The number of aromatic carboxylic acids is 1. The molecular weight excluding hydrogens is 430 g/mol. The molecule has 7 nitrogen and oxygen atoms in total. The second kappa shape index (κ2) is 10.3. The first-order valence-electron chi connectivity index (χ1n) is 11.2. The van der Waals surface area contributed by atoms with E-state index >= 15 is 0 Å². The van der Waals surface area contributed by atoms with Crippen LogP contribution in [0.5, 0.6) is 0 Å². The second-order valence-corrected chi connectivity index (χ2v) is 10.8. The zero-order chi connectivity index (χ0) is 23.5. The van der Waals surface area contributed by atoms with Crippen molar-refractivity contribution in [2.45, 2.75) is 77.5 Å². The molecule has 3 atom stereocenters. The van der Waals surface area contributed by atoms with E-state index in [0.29, 0.717) is 10.6 Å². The second-order valence-electron chi connectivity index (χ2n) is 9.70. The Kier molecular flexibility index (Phi) is 7.99. The van der Waals surface area contributed by atoms with Gasteiger partial charge in [0.1, 0.15) is 11.0 Å². The number of carbonyl (C=O) groups is 2. The number of carboxylic acids is 1. The molecule has 2 fully saturated rings. The lowest BCUT2D eigenvalue weighted by molar-refractivity contribution is -0.140. The molecule has 3 rings (SSSR count). The molecule has 0 bridgehead atoms. The molecule has 1 aliphatic carbocycles. The van der Waals surface area contributed by atoms with Crippen molar-refractivity contribution in [1.82, 2.24) is 0 Å². The molecular formula is C24H33NO6S. The number of anilines is 1. The zero-order valence-electron chi connectivity index (χ0n) is 19.0. The van der Waals surface area contributed by atoms with Gasteiger partial charge in [0.2, 0.25) is 0 Å². The Bertz CT molecular complexity index is 887. The number of hydrogen-bond donors (Lipinski definition) is 3. The molecule has 1 saturated carbocycles. The fourth-order valence-electron chi connectivity index (χ4n) is 4.36. The minimum atomic E-state index is -1.09. The number of carboxylic acid groups (broad SMARTS) is 1. The topological polar surface area (TPSA) is 107 Å². The molecule has 176 valence electrons. The van der Waals surface area contributed by atoms with Gasteiger partial charge in [-0.15, -0.1) is 11.3 Å². The standard InChI is InChI=1S/C24H33NO6S/c1-24(2,3)10-9-17-12-18(21(32-17)23(29)30)25-19(15-7-5-4-6-8-15)14-31-20(22(25)28)11-16(27)13-26/h12,15-16,19-20,26-27H,4-8,11,13-14H2,1-3H3,(H,29,30)/t16?,19-,20+/m0/s1. The number of carbonyl (C=O) groups excluding carboxylic acids is 1. The first-order chi connectivity index (χ1) is 15.1. The molecule has 1 aromatic heterocycles. The summed E-state index contributed by atoms with van der Waals surface area (Å²) in [5.41, 5.74) is 0.117. The van der Waals surface area contributed by atoms with Crippen LogP contribution in [0, 0.1) is 23.2 Å². The summed E-state index contributed by atoms with van der Waals surface area (Å²) in [6.07, 6.45) is 3.20. The molecule has 1 aromatic rings. The number of rotatable bonds is 6. The summed E-state index contributed by atoms with van der Waals surface area (Å²) >= 11 is 1.08. The van der Waals surface area contributed by atoms with Crippen molar-refractivity contribution < 1.29 is 29.6 Å².